The van der Waals surface area contributed by atoms with Crippen molar-refractivity contribution >= 4 is 11.3 Å². The maximum atomic E-state index is 4.56. The number of nitrogens with zero attached hydrogens (tertiary/aromatic N) is 5. The van der Waals surface area contributed by atoms with Crippen LogP contribution in [0.1, 0.15) is 31.0 Å². The second kappa shape index (κ2) is 5.55. The van der Waals surface area contributed by atoms with Gasteiger partial charge in [-0.05, 0) is 24.5 Å². The molecule has 0 saturated carbocycles. The molecule has 3 aromatic rings. The third kappa shape index (κ3) is 2.89. The van der Waals surface area contributed by atoms with Crippen LogP contribution in [-0.2, 0) is 6.54 Å². The zero-order valence-electron chi connectivity index (χ0n) is 12.6. The fraction of sp³-hybridized carbons (Fsp3) is 0.400. The summed E-state index contributed by atoms with van der Waals surface area (Å²) in [5, 5.41) is 12.2. The standard InChI is InChI=1S/C15H20N6/c1-11(2)13-8-14-15(17-5-7-21(14)19-13)16-4-6-20-10-12(3)9-18-20/h5,7-11H,4,6H2,1-3H3,(H,16,17). The summed E-state index contributed by atoms with van der Waals surface area (Å²) in [4.78, 5) is 4.41. The minimum absolute atomic E-state index is 0.407. The van der Waals surface area contributed by atoms with Gasteiger partial charge in [0.05, 0.1) is 18.4 Å². The first-order chi connectivity index (χ1) is 10.1. The minimum atomic E-state index is 0.407. The normalized spacial score (nSPS) is 11.4. The molecule has 6 heteroatoms. The van der Waals surface area contributed by atoms with Crippen LogP contribution in [0.4, 0.5) is 5.82 Å². The summed E-state index contributed by atoms with van der Waals surface area (Å²) in [5.74, 6) is 1.27. The topological polar surface area (TPSA) is 60.0 Å². The van der Waals surface area contributed by atoms with Crippen LogP contribution in [-0.4, -0.2) is 30.9 Å². The van der Waals surface area contributed by atoms with Crippen LogP contribution in [0.5, 0.6) is 0 Å². The Morgan fingerprint density at radius 3 is 2.90 bits per heavy atom. The van der Waals surface area contributed by atoms with Gasteiger partial charge in [-0.3, -0.25) is 4.68 Å². The molecule has 21 heavy (non-hydrogen) atoms. The van der Waals surface area contributed by atoms with E-state index in [0.717, 1.165) is 30.1 Å². The molecule has 0 aliphatic heterocycles. The summed E-state index contributed by atoms with van der Waals surface area (Å²) in [5.41, 5.74) is 3.26. The minimum Gasteiger partial charge on any atom is -0.366 e. The van der Waals surface area contributed by atoms with Crippen molar-refractivity contribution in [3.05, 3.63) is 42.1 Å². The van der Waals surface area contributed by atoms with Crippen molar-refractivity contribution in [3.8, 4) is 0 Å². The van der Waals surface area contributed by atoms with Crippen molar-refractivity contribution in [2.24, 2.45) is 0 Å². The molecule has 1 N–H and O–H groups in total. The van der Waals surface area contributed by atoms with Gasteiger partial charge >= 0.3 is 0 Å². The summed E-state index contributed by atoms with van der Waals surface area (Å²) >= 11 is 0. The Morgan fingerprint density at radius 1 is 1.33 bits per heavy atom. The molecule has 0 saturated heterocycles. The van der Waals surface area contributed by atoms with Gasteiger partial charge in [0.25, 0.3) is 0 Å². The Morgan fingerprint density at radius 2 is 2.19 bits per heavy atom. The van der Waals surface area contributed by atoms with Crippen LogP contribution in [0.2, 0.25) is 0 Å². The van der Waals surface area contributed by atoms with Crippen LogP contribution in [0.15, 0.2) is 30.9 Å². The summed E-state index contributed by atoms with van der Waals surface area (Å²) < 4.78 is 3.81. The molecule has 3 heterocycles. The molecule has 0 bridgehead atoms. The fourth-order valence-electron chi connectivity index (χ4n) is 2.24. The van der Waals surface area contributed by atoms with E-state index in [1.165, 1.54) is 5.56 Å². The van der Waals surface area contributed by atoms with Gasteiger partial charge < -0.3 is 5.32 Å². The van der Waals surface area contributed by atoms with Crippen molar-refractivity contribution in [2.75, 3.05) is 11.9 Å². The van der Waals surface area contributed by atoms with Gasteiger partial charge in [-0.2, -0.15) is 10.2 Å². The summed E-state index contributed by atoms with van der Waals surface area (Å²) in [6.45, 7) is 7.90. The molecule has 3 aromatic heterocycles. The van der Waals surface area contributed by atoms with E-state index in [9.17, 15) is 0 Å². The largest absolute Gasteiger partial charge is 0.366 e. The van der Waals surface area contributed by atoms with E-state index < -0.39 is 0 Å². The van der Waals surface area contributed by atoms with E-state index in [1.807, 2.05) is 34.7 Å². The highest BCUT2D eigenvalue weighted by molar-refractivity contribution is 5.67. The van der Waals surface area contributed by atoms with E-state index in [4.69, 9.17) is 0 Å². The molecule has 0 aromatic carbocycles. The van der Waals surface area contributed by atoms with E-state index in [1.54, 1.807) is 6.20 Å². The van der Waals surface area contributed by atoms with Gasteiger partial charge in [-0.15, -0.1) is 0 Å². The van der Waals surface area contributed by atoms with Crippen molar-refractivity contribution in [2.45, 2.75) is 33.2 Å². The predicted molar refractivity (Wildman–Crippen MR) is 82.5 cm³/mol. The van der Waals surface area contributed by atoms with Gasteiger partial charge in [0.1, 0.15) is 5.52 Å². The Hall–Kier alpha value is -2.37. The number of fused-ring (bicyclic) bond motifs is 1. The first-order valence-corrected chi connectivity index (χ1v) is 7.20. The van der Waals surface area contributed by atoms with E-state index in [0.29, 0.717) is 5.92 Å². The number of anilines is 1. The van der Waals surface area contributed by atoms with Gasteiger partial charge in [0.15, 0.2) is 5.82 Å². The van der Waals surface area contributed by atoms with Crippen LogP contribution >= 0.6 is 0 Å². The van der Waals surface area contributed by atoms with Crippen molar-refractivity contribution in [1.29, 1.82) is 0 Å². The highest BCUT2D eigenvalue weighted by Gasteiger charge is 2.09. The molecule has 0 atom stereocenters. The third-order valence-electron chi connectivity index (χ3n) is 3.40. The molecule has 0 fully saturated rings. The molecule has 0 aliphatic rings. The molecule has 0 amide bonds. The van der Waals surface area contributed by atoms with Gasteiger partial charge in [0, 0.05) is 25.1 Å². The molecule has 0 radical (unpaired) electrons. The monoisotopic (exact) mass is 284 g/mol. The number of aromatic nitrogens is 5. The lowest BCUT2D eigenvalue weighted by Gasteiger charge is -2.06. The van der Waals surface area contributed by atoms with Crippen molar-refractivity contribution < 1.29 is 0 Å². The predicted octanol–water partition coefficient (Wildman–Crippen LogP) is 2.47. The Bertz CT molecular complexity index is 740. The highest BCUT2D eigenvalue weighted by atomic mass is 15.3. The molecule has 0 unspecified atom stereocenters. The van der Waals surface area contributed by atoms with Crippen LogP contribution in [0.3, 0.4) is 0 Å². The van der Waals surface area contributed by atoms with E-state index >= 15 is 0 Å². The number of hydrogen-bond donors (Lipinski definition) is 1. The number of nitrogens with one attached hydrogen (secondary N) is 1. The lowest BCUT2D eigenvalue weighted by atomic mass is 10.1. The highest BCUT2D eigenvalue weighted by Crippen LogP contribution is 2.19. The Labute approximate surface area is 123 Å². The zero-order valence-corrected chi connectivity index (χ0v) is 12.6. The first-order valence-electron chi connectivity index (χ1n) is 7.20. The number of rotatable bonds is 5. The molecule has 110 valence electrons. The zero-order chi connectivity index (χ0) is 14.8. The van der Waals surface area contributed by atoms with Crippen LogP contribution in [0.25, 0.3) is 5.52 Å². The number of hydrogen-bond acceptors (Lipinski definition) is 4. The molecule has 6 nitrogen and oxygen atoms in total. The molecule has 0 aliphatic carbocycles. The number of aryl methyl sites for hydroxylation is 1. The van der Waals surface area contributed by atoms with Crippen molar-refractivity contribution in [3.63, 3.8) is 0 Å². The summed E-state index contributed by atoms with van der Waals surface area (Å²) in [6.07, 6.45) is 7.55. The van der Waals surface area contributed by atoms with Crippen molar-refractivity contribution in [1.82, 2.24) is 24.4 Å². The maximum absolute atomic E-state index is 4.56. The Balaban J connectivity index is 1.74. The second-order valence-corrected chi connectivity index (χ2v) is 5.54. The fourth-order valence-corrected chi connectivity index (χ4v) is 2.24. The Kier molecular flexibility index (Phi) is 3.60. The lowest BCUT2D eigenvalue weighted by Crippen LogP contribution is -2.12. The molecule has 3 rings (SSSR count). The second-order valence-electron chi connectivity index (χ2n) is 5.54. The molecule has 0 spiro atoms. The van der Waals surface area contributed by atoms with E-state index in [-0.39, 0.29) is 0 Å². The average Bonchev–Trinajstić information content (AvgIpc) is 3.05. The molecular formula is C15H20N6. The van der Waals surface area contributed by atoms with E-state index in [2.05, 4.69) is 40.4 Å². The molecular weight excluding hydrogens is 264 g/mol. The smallest absolute Gasteiger partial charge is 0.152 e. The maximum Gasteiger partial charge on any atom is 0.152 e. The SMILES string of the molecule is Cc1cnn(CCNc2nccn3nc(C(C)C)cc23)c1. The first kappa shape index (κ1) is 13.6. The average molecular weight is 284 g/mol. The lowest BCUT2D eigenvalue weighted by molar-refractivity contribution is 0.637. The quantitative estimate of drug-likeness (QED) is 0.782. The van der Waals surface area contributed by atoms with Gasteiger partial charge in [-0.1, -0.05) is 13.8 Å². The summed E-state index contributed by atoms with van der Waals surface area (Å²) in [7, 11) is 0. The van der Waals surface area contributed by atoms with Gasteiger partial charge in [0.2, 0.25) is 0 Å². The van der Waals surface area contributed by atoms with Crippen LogP contribution < -0.4 is 5.32 Å². The van der Waals surface area contributed by atoms with Gasteiger partial charge in [-0.25, -0.2) is 9.50 Å². The summed E-state index contributed by atoms with van der Waals surface area (Å²) in [6, 6.07) is 2.10. The third-order valence-corrected chi connectivity index (χ3v) is 3.40. The van der Waals surface area contributed by atoms with Crippen LogP contribution in [0, 0.1) is 6.92 Å².